The van der Waals surface area contributed by atoms with E-state index >= 15 is 0 Å². The summed E-state index contributed by atoms with van der Waals surface area (Å²) in [4.78, 5) is 76.2. The van der Waals surface area contributed by atoms with Crippen molar-refractivity contribution in [3.63, 3.8) is 0 Å². The van der Waals surface area contributed by atoms with Crippen LogP contribution in [-0.4, -0.2) is 111 Å². The molecule has 0 radical (unpaired) electrons. The van der Waals surface area contributed by atoms with Crippen molar-refractivity contribution in [2.75, 3.05) is 0 Å². The van der Waals surface area contributed by atoms with Gasteiger partial charge in [-0.25, -0.2) is 33.3 Å². The van der Waals surface area contributed by atoms with Crippen molar-refractivity contribution in [3.05, 3.63) is 0 Å². The monoisotopic (exact) mass is 392 g/mol. The van der Waals surface area contributed by atoms with Crippen LogP contribution in [0.15, 0.2) is 0 Å². The van der Waals surface area contributed by atoms with Crippen molar-refractivity contribution in [1.82, 2.24) is 0 Å². The zero-order chi connectivity index (χ0) is 20.0. The molecule has 0 fully saturated rings. The van der Waals surface area contributed by atoms with Crippen molar-refractivity contribution in [1.29, 1.82) is 0 Å². The van der Waals surface area contributed by atoms with Crippen LogP contribution in [0.2, 0.25) is 0 Å². The molecule has 0 spiro atoms. The van der Waals surface area contributed by atoms with E-state index in [9.17, 15) is 0 Å². The van der Waals surface area contributed by atoms with Gasteiger partial charge in [-0.2, -0.15) is 0 Å². The van der Waals surface area contributed by atoms with Crippen LogP contribution in [0.1, 0.15) is 0 Å². The number of aliphatic carboxylic acids is 6. The van der Waals surface area contributed by atoms with Crippen molar-refractivity contribution >= 4 is 73.2 Å². The fraction of sp³-hybridized carbons (Fsp3) is 0. The van der Waals surface area contributed by atoms with Crippen LogP contribution >= 0.6 is 7.82 Å². The Kier molecular flexibility index (Phi) is 24.1. The number of rotatable bonds is 0. The average Bonchev–Trinajstić information content (AvgIpc) is 2.27. The standard InChI is InChI=1S/3C2H2O4.Na.H3O4P.H/c3*3-1(4)2(5)6;;1-5(2,3)4;/h3*(H,3,4)(H,5,6);;(H3,1,2,3,4);. The maximum atomic E-state index is 9.10. The molecule has 0 aliphatic rings. The summed E-state index contributed by atoms with van der Waals surface area (Å²) in [5.74, 6) is -10.9. The number of carbonyl (C=O) groups is 6. The summed E-state index contributed by atoms with van der Waals surface area (Å²) in [5.41, 5.74) is 0. The third-order valence-electron chi connectivity index (χ3n) is 0.549. The average molecular weight is 392 g/mol. The molecule has 136 valence electrons. The van der Waals surface area contributed by atoms with Gasteiger partial charge in [0, 0.05) is 0 Å². The first kappa shape index (κ1) is 33.5. The summed E-state index contributed by atoms with van der Waals surface area (Å²) in [7, 11) is -4.64. The topological polar surface area (TPSA) is 302 Å². The Morgan fingerprint density at radius 2 is 0.500 bits per heavy atom. The van der Waals surface area contributed by atoms with Gasteiger partial charge < -0.3 is 45.3 Å². The molecule has 0 saturated carbocycles. The van der Waals surface area contributed by atoms with E-state index in [1.54, 1.807) is 0 Å². The van der Waals surface area contributed by atoms with E-state index in [4.69, 9.17) is 78.7 Å². The van der Waals surface area contributed by atoms with Gasteiger partial charge in [0.15, 0.2) is 0 Å². The molecule has 0 unspecified atom stereocenters. The molecule has 0 rings (SSSR count). The van der Waals surface area contributed by atoms with Crippen molar-refractivity contribution in [3.8, 4) is 0 Å². The normalized spacial score (nSPS) is 7.96. The van der Waals surface area contributed by atoms with E-state index in [2.05, 4.69) is 0 Å². The molecule has 0 heterocycles. The van der Waals surface area contributed by atoms with Crippen molar-refractivity contribution in [2.24, 2.45) is 0 Å². The van der Waals surface area contributed by atoms with Gasteiger partial charge in [0.1, 0.15) is 0 Å². The van der Waals surface area contributed by atoms with Crippen LogP contribution in [0, 0.1) is 0 Å². The van der Waals surface area contributed by atoms with Crippen LogP contribution < -0.4 is 0 Å². The fourth-order valence-electron chi connectivity index (χ4n) is 0. The van der Waals surface area contributed by atoms with Gasteiger partial charge in [-0.15, -0.1) is 0 Å². The van der Waals surface area contributed by atoms with E-state index in [1.165, 1.54) is 0 Å². The Bertz CT molecular complexity index is 401. The van der Waals surface area contributed by atoms with Gasteiger partial charge in [-0.3, -0.25) is 0 Å². The molecule has 24 heavy (non-hydrogen) atoms. The summed E-state index contributed by atoms with van der Waals surface area (Å²) in [5, 5.41) is 44.3. The minimum atomic E-state index is -4.64. The van der Waals surface area contributed by atoms with Crippen LogP contribution in [0.3, 0.4) is 0 Å². The maximum absolute atomic E-state index is 9.10. The number of carboxylic acid groups (broad SMARTS) is 6. The van der Waals surface area contributed by atoms with E-state index in [0.717, 1.165) is 0 Å². The molecule has 0 aromatic carbocycles. The van der Waals surface area contributed by atoms with Gasteiger partial charge in [0.25, 0.3) is 0 Å². The molecule has 0 amide bonds. The van der Waals surface area contributed by atoms with E-state index < -0.39 is 43.6 Å². The molecule has 0 aliphatic heterocycles. The summed E-state index contributed by atoms with van der Waals surface area (Å²) >= 11 is 0. The van der Waals surface area contributed by atoms with Crippen molar-refractivity contribution in [2.45, 2.75) is 0 Å². The number of carboxylic acids is 6. The Morgan fingerprint density at radius 3 is 0.500 bits per heavy atom. The fourth-order valence-corrected chi connectivity index (χ4v) is 0. The van der Waals surface area contributed by atoms with E-state index in [0.29, 0.717) is 0 Å². The first-order valence-corrected chi connectivity index (χ1v) is 5.66. The molecule has 9 N–H and O–H groups in total. The summed E-state index contributed by atoms with van der Waals surface area (Å²) in [6, 6.07) is 0. The number of phosphoric acid groups is 1. The minimum absolute atomic E-state index is 0. The van der Waals surface area contributed by atoms with Gasteiger partial charge >= 0.3 is 73.2 Å². The molecular weight excluding hydrogens is 382 g/mol. The zero-order valence-corrected chi connectivity index (χ0v) is 11.2. The number of hydrogen-bond donors (Lipinski definition) is 9. The van der Waals surface area contributed by atoms with E-state index in [1.807, 2.05) is 0 Å². The van der Waals surface area contributed by atoms with Gasteiger partial charge in [0.2, 0.25) is 0 Å². The summed E-state index contributed by atoms with van der Waals surface area (Å²) < 4.78 is 8.88. The molecular formula is C6H10NaO16P. The zero-order valence-electron chi connectivity index (χ0n) is 10.3. The second-order valence-electron chi connectivity index (χ2n) is 2.34. The predicted molar refractivity (Wildman–Crippen MR) is 67.2 cm³/mol. The molecule has 16 nitrogen and oxygen atoms in total. The quantitative estimate of drug-likeness (QED) is 0.107. The SMILES string of the molecule is O=C(O)C(=O)O.O=C(O)C(=O)O.O=C(O)C(=O)O.O=P(O)(O)O.[NaH]. The predicted octanol–water partition coefficient (Wildman–Crippen LogP) is -4.11. The van der Waals surface area contributed by atoms with Gasteiger partial charge in [-0.05, 0) is 0 Å². The van der Waals surface area contributed by atoms with Gasteiger partial charge in [-0.1, -0.05) is 0 Å². The molecule has 18 heteroatoms. The second kappa shape index (κ2) is 17.3. The van der Waals surface area contributed by atoms with E-state index in [-0.39, 0.29) is 29.6 Å². The van der Waals surface area contributed by atoms with Crippen LogP contribution in [-0.2, 0) is 33.3 Å². The first-order valence-electron chi connectivity index (χ1n) is 4.10. The Labute approximate surface area is 152 Å². The van der Waals surface area contributed by atoms with Gasteiger partial charge in [0.05, 0.1) is 0 Å². The molecule has 0 saturated heterocycles. The number of hydrogen-bond acceptors (Lipinski definition) is 7. The van der Waals surface area contributed by atoms with Crippen molar-refractivity contribution < 1.29 is 78.7 Å². The van der Waals surface area contributed by atoms with Crippen LogP contribution in [0.4, 0.5) is 0 Å². The Hall–Kier alpha value is -2.07. The molecule has 0 aromatic rings. The molecule has 0 aromatic heterocycles. The molecule has 0 bridgehead atoms. The summed E-state index contributed by atoms with van der Waals surface area (Å²) in [6.07, 6.45) is 0. The molecule has 0 atom stereocenters. The third kappa shape index (κ3) is 72.4. The van der Waals surface area contributed by atoms with Crippen LogP contribution in [0.5, 0.6) is 0 Å². The Balaban J connectivity index is -0.0000000661. The third-order valence-corrected chi connectivity index (χ3v) is 0.549. The second-order valence-corrected chi connectivity index (χ2v) is 3.37. The first-order chi connectivity index (χ1) is 9.93. The van der Waals surface area contributed by atoms with Crippen LogP contribution in [0.25, 0.3) is 0 Å². The summed E-state index contributed by atoms with van der Waals surface area (Å²) in [6.45, 7) is 0. The molecule has 0 aliphatic carbocycles. The Morgan fingerprint density at radius 1 is 0.458 bits per heavy atom.